The van der Waals surface area contributed by atoms with Gasteiger partial charge in [0.1, 0.15) is 6.61 Å². The molecule has 158 valence electrons. The van der Waals surface area contributed by atoms with Gasteiger partial charge in [0.05, 0.1) is 17.0 Å². The topological polar surface area (TPSA) is 98.8 Å². The van der Waals surface area contributed by atoms with Gasteiger partial charge in [-0.25, -0.2) is 9.59 Å². The Morgan fingerprint density at radius 3 is 2.34 bits per heavy atom. The maximum Gasteiger partial charge on any atom is 0.350 e. The fourth-order valence-electron chi connectivity index (χ4n) is 1.85. The Kier molecular flexibility index (Phi) is 8.96. The first-order valence-corrected chi connectivity index (χ1v) is 9.50. The molecule has 0 radical (unpaired) electrons. The van der Waals surface area contributed by atoms with Crippen LogP contribution in [0.1, 0.15) is 30.6 Å². The van der Waals surface area contributed by atoms with E-state index in [0.29, 0.717) is 0 Å². The van der Waals surface area contributed by atoms with Gasteiger partial charge in [-0.05, 0) is 32.0 Å². The normalized spacial score (nSPS) is 11.4. The molecule has 0 fully saturated rings. The number of nitrogens with one attached hydrogen (secondary N) is 1. The summed E-state index contributed by atoms with van der Waals surface area (Å²) in [5.74, 6) is -3.40. The van der Waals surface area contributed by atoms with Crippen molar-refractivity contribution in [1.29, 1.82) is 0 Å². The van der Waals surface area contributed by atoms with E-state index in [1.807, 2.05) is 0 Å². The fourth-order valence-corrected chi connectivity index (χ4v) is 2.24. The van der Waals surface area contributed by atoms with Crippen molar-refractivity contribution >= 4 is 75.7 Å². The van der Waals surface area contributed by atoms with Crippen LogP contribution in [0.4, 0.5) is 5.69 Å². The van der Waals surface area contributed by atoms with Gasteiger partial charge in [0.25, 0.3) is 0 Å². The molecular formula is C18H17Cl4NO6. The summed E-state index contributed by atoms with van der Waals surface area (Å²) in [6, 6.07) is 3.93. The van der Waals surface area contributed by atoms with Crippen molar-refractivity contribution in [3.63, 3.8) is 0 Å². The van der Waals surface area contributed by atoms with Crippen LogP contribution in [0.15, 0.2) is 30.9 Å². The second kappa shape index (κ2) is 10.3. The van der Waals surface area contributed by atoms with Crippen LogP contribution in [0.5, 0.6) is 0 Å². The largest absolute Gasteiger partial charge is 0.459 e. The molecule has 1 amide bonds. The number of anilines is 1. The van der Waals surface area contributed by atoms with Crippen LogP contribution in [0.25, 0.3) is 0 Å². The second-order valence-electron chi connectivity index (χ2n) is 6.13. The van der Waals surface area contributed by atoms with E-state index < -0.39 is 39.4 Å². The molecule has 0 heterocycles. The van der Waals surface area contributed by atoms with E-state index >= 15 is 0 Å². The van der Waals surface area contributed by atoms with E-state index in [0.717, 1.165) is 0 Å². The molecule has 0 saturated carbocycles. The van der Waals surface area contributed by atoms with Crippen molar-refractivity contribution in [2.24, 2.45) is 0 Å². The van der Waals surface area contributed by atoms with E-state index in [4.69, 9.17) is 55.9 Å². The zero-order valence-corrected chi connectivity index (χ0v) is 18.4. The van der Waals surface area contributed by atoms with Gasteiger partial charge in [0.15, 0.2) is 5.78 Å². The Hall–Kier alpha value is -1.80. The number of alkyl halides is 3. The van der Waals surface area contributed by atoms with Crippen molar-refractivity contribution in [3.05, 3.63) is 41.4 Å². The third kappa shape index (κ3) is 7.85. The average Bonchev–Trinajstić information content (AvgIpc) is 2.59. The van der Waals surface area contributed by atoms with Crippen LogP contribution in [0.3, 0.4) is 0 Å². The Balaban J connectivity index is 2.92. The van der Waals surface area contributed by atoms with E-state index in [-0.39, 0.29) is 22.9 Å². The number of benzene rings is 1. The SMILES string of the molecule is C=CCOC(=O)C(C)(C)OC(=O)c1cc(NC(=O)CC(=O)C(Cl)(Cl)Cl)ccc1Cl. The lowest BCUT2D eigenvalue weighted by molar-refractivity contribution is -0.161. The zero-order chi connectivity index (χ0) is 22.4. The third-order valence-electron chi connectivity index (χ3n) is 3.28. The smallest absolute Gasteiger partial charge is 0.350 e. The number of esters is 2. The molecule has 0 unspecified atom stereocenters. The fraction of sp³-hybridized carbons (Fsp3) is 0.333. The number of carbonyl (C=O) groups is 4. The van der Waals surface area contributed by atoms with E-state index in [1.54, 1.807) is 0 Å². The number of hydrogen-bond donors (Lipinski definition) is 1. The number of halogens is 4. The lowest BCUT2D eigenvalue weighted by Gasteiger charge is -2.23. The van der Waals surface area contributed by atoms with Crippen LogP contribution >= 0.6 is 46.4 Å². The first kappa shape index (κ1) is 25.2. The minimum atomic E-state index is -2.22. The van der Waals surface area contributed by atoms with Crippen LogP contribution in [-0.2, 0) is 23.9 Å². The van der Waals surface area contributed by atoms with Gasteiger partial charge in [0.2, 0.25) is 15.3 Å². The summed E-state index contributed by atoms with van der Waals surface area (Å²) in [6.07, 6.45) is 0.674. The summed E-state index contributed by atoms with van der Waals surface area (Å²) in [7, 11) is 0. The van der Waals surface area contributed by atoms with Crippen LogP contribution in [-0.4, -0.2) is 39.6 Å². The molecule has 29 heavy (non-hydrogen) atoms. The molecular weight excluding hydrogens is 468 g/mol. The third-order valence-corrected chi connectivity index (χ3v) is 4.24. The summed E-state index contributed by atoms with van der Waals surface area (Å²) < 4.78 is 7.83. The second-order valence-corrected chi connectivity index (χ2v) is 8.82. The van der Waals surface area contributed by atoms with Crippen molar-refractivity contribution in [1.82, 2.24) is 0 Å². The number of amides is 1. The number of hydrogen-bond acceptors (Lipinski definition) is 6. The number of carbonyl (C=O) groups excluding carboxylic acids is 4. The maximum atomic E-state index is 12.5. The quantitative estimate of drug-likeness (QED) is 0.256. The molecule has 0 aliphatic heterocycles. The predicted molar refractivity (Wildman–Crippen MR) is 111 cm³/mol. The Morgan fingerprint density at radius 1 is 1.17 bits per heavy atom. The molecule has 0 atom stereocenters. The highest BCUT2D eigenvalue weighted by molar-refractivity contribution is 6.76. The summed E-state index contributed by atoms with van der Waals surface area (Å²) >= 11 is 22.3. The maximum absolute atomic E-state index is 12.5. The number of Topliss-reactive ketones (excluding diaryl/α,β-unsaturated/α-hetero) is 1. The lowest BCUT2D eigenvalue weighted by Crippen LogP contribution is -2.39. The van der Waals surface area contributed by atoms with Crippen LogP contribution in [0.2, 0.25) is 5.02 Å². The highest BCUT2D eigenvalue weighted by Gasteiger charge is 2.35. The van der Waals surface area contributed by atoms with Crippen molar-refractivity contribution < 1.29 is 28.7 Å². The molecule has 7 nitrogen and oxygen atoms in total. The zero-order valence-electron chi connectivity index (χ0n) is 15.4. The van der Waals surface area contributed by atoms with Gasteiger partial charge >= 0.3 is 11.9 Å². The first-order valence-electron chi connectivity index (χ1n) is 7.99. The first-order chi connectivity index (χ1) is 13.3. The molecule has 0 saturated heterocycles. The predicted octanol–water partition coefficient (Wildman–Crippen LogP) is 4.27. The van der Waals surface area contributed by atoms with Gasteiger partial charge in [-0.3, -0.25) is 9.59 Å². The standard InChI is InChI=1S/C18H17Cl4NO6/c1-4-7-28-16(27)17(2,3)29-15(26)11-8-10(5-6-12(11)19)23-14(25)9-13(24)18(20,21)22/h4-6,8H,1,7,9H2,2-3H3,(H,23,25). The molecule has 0 spiro atoms. The van der Waals surface area contributed by atoms with Gasteiger partial charge < -0.3 is 14.8 Å². The van der Waals surface area contributed by atoms with E-state index in [9.17, 15) is 19.2 Å². The number of rotatable bonds is 8. The van der Waals surface area contributed by atoms with Crippen molar-refractivity contribution in [3.8, 4) is 0 Å². The molecule has 1 aromatic rings. The minimum Gasteiger partial charge on any atom is -0.459 e. The summed E-state index contributed by atoms with van der Waals surface area (Å²) in [5.41, 5.74) is -1.59. The van der Waals surface area contributed by atoms with E-state index in [1.165, 1.54) is 38.1 Å². The molecule has 1 rings (SSSR count). The van der Waals surface area contributed by atoms with Crippen LogP contribution < -0.4 is 5.32 Å². The molecule has 1 aromatic carbocycles. The molecule has 1 N–H and O–H groups in total. The molecule has 0 aromatic heterocycles. The van der Waals surface area contributed by atoms with Gasteiger partial charge in [-0.2, -0.15) is 0 Å². The average molecular weight is 485 g/mol. The summed E-state index contributed by atoms with van der Waals surface area (Å²) in [5, 5.41) is 2.39. The highest BCUT2D eigenvalue weighted by atomic mass is 35.6. The Morgan fingerprint density at radius 2 is 1.79 bits per heavy atom. The van der Waals surface area contributed by atoms with E-state index in [2.05, 4.69) is 11.9 Å². The van der Waals surface area contributed by atoms with Gasteiger partial charge in [-0.1, -0.05) is 59.1 Å². The Bertz CT molecular complexity index is 832. The lowest BCUT2D eigenvalue weighted by atomic mass is 10.1. The highest BCUT2D eigenvalue weighted by Crippen LogP contribution is 2.29. The summed E-state index contributed by atoms with van der Waals surface area (Å²) in [4.78, 5) is 47.9. The molecule has 0 aliphatic rings. The molecule has 0 aliphatic carbocycles. The van der Waals surface area contributed by atoms with Crippen LogP contribution in [0, 0.1) is 0 Å². The van der Waals surface area contributed by atoms with Gasteiger partial charge in [0, 0.05) is 5.69 Å². The number of ketones is 1. The minimum absolute atomic E-state index is 0.0145. The number of ether oxygens (including phenoxy) is 2. The monoisotopic (exact) mass is 483 g/mol. The van der Waals surface area contributed by atoms with Crippen molar-refractivity contribution in [2.75, 3.05) is 11.9 Å². The Labute approximate surface area is 187 Å². The summed E-state index contributed by atoms with van der Waals surface area (Å²) in [6.45, 7) is 6.06. The van der Waals surface area contributed by atoms with Crippen molar-refractivity contribution in [2.45, 2.75) is 29.7 Å². The molecule has 11 heteroatoms. The molecule has 0 bridgehead atoms. The van der Waals surface area contributed by atoms with Gasteiger partial charge in [-0.15, -0.1) is 0 Å².